The predicted molar refractivity (Wildman–Crippen MR) is 74.8 cm³/mol. The zero-order valence-electron chi connectivity index (χ0n) is 11.7. The summed E-state index contributed by atoms with van der Waals surface area (Å²) in [4.78, 5) is 13.6. The summed E-state index contributed by atoms with van der Waals surface area (Å²) in [5.74, 6) is -0.254. The topological polar surface area (TPSA) is 49.8 Å². The van der Waals surface area contributed by atoms with E-state index in [1.54, 1.807) is 7.11 Å². The lowest BCUT2D eigenvalue weighted by Gasteiger charge is -2.47. The fourth-order valence-electron chi connectivity index (χ4n) is 2.95. The molecule has 2 rings (SSSR count). The van der Waals surface area contributed by atoms with Gasteiger partial charge >= 0.3 is 5.97 Å². The van der Waals surface area contributed by atoms with Crippen molar-refractivity contribution in [3.63, 3.8) is 0 Å². The molecule has 0 aromatic heterocycles. The van der Waals surface area contributed by atoms with Gasteiger partial charge in [-0.1, -0.05) is 6.07 Å². The van der Waals surface area contributed by atoms with Crippen LogP contribution in [0.5, 0.6) is 5.75 Å². The van der Waals surface area contributed by atoms with Crippen molar-refractivity contribution in [2.45, 2.75) is 32.2 Å². The summed E-state index contributed by atoms with van der Waals surface area (Å²) in [6, 6.07) is 7.81. The normalized spacial score (nSPS) is 22.1. The van der Waals surface area contributed by atoms with Crippen LogP contribution < -0.4 is 9.64 Å². The molecule has 104 valence electrons. The number of carboxylic acid groups (broad SMARTS) is 1. The van der Waals surface area contributed by atoms with Gasteiger partial charge in [0, 0.05) is 23.8 Å². The van der Waals surface area contributed by atoms with Crippen molar-refractivity contribution in [3.05, 3.63) is 24.3 Å². The van der Waals surface area contributed by atoms with Crippen molar-refractivity contribution in [1.82, 2.24) is 0 Å². The van der Waals surface area contributed by atoms with Gasteiger partial charge in [0.05, 0.1) is 13.0 Å². The largest absolute Gasteiger partial charge is 0.497 e. The molecule has 1 aromatic carbocycles. The number of aliphatic carboxylic acids is 1. The number of carbonyl (C=O) groups is 1. The molecule has 0 amide bonds. The first-order valence-corrected chi connectivity index (χ1v) is 6.61. The minimum absolute atomic E-state index is 0.340. The molecular formula is C15H21NO3. The van der Waals surface area contributed by atoms with Crippen LogP contribution in [-0.4, -0.2) is 30.3 Å². The number of piperidine rings is 1. The Morgan fingerprint density at radius 2 is 2.21 bits per heavy atom. The lowest BCUT2D eigenvalue weighted by molar-refractivity contribution is -0.144. The highest BCUT2D eigenvalue weighted by Crippen LogP contribution is 2.37. The average molecular weight is 263 g/mol. The number of anilines is 1. The van der Waals surface area contributed by atoms with Crippen LogP contribution in [-0.2, 0) is 4.79 Å². The first-order chi connectivity index (χ1) is 8.96. The molecule has 1 aromatic rings. The average Bonchev–Trinajstić information content (AvgIpc) is 2.37. The van der Waals surface area contributed by atoms with Crippen molar-refractivity contribution < 1.29 is 14.6 Å². The Balaban J connectivity index is 2.34. The second-order valence-corrected chi connectivity index (χ2v) is 5.54. The molecule has 1 fully saturated rings. The highest BCUT2D eigenvalue weighted by atomic mass is 16.5. The van der Waals surface area contributed by atoms with Gasteiger partial charge < -0.3 is 14.7 Å². The van der Waals surface area contributed by atoms with Gasteiger partial charge in [0.1, 0.15) is 5.75 Å². The summed E-state index contributed by atoms with van der Waals surface area (Å²) in [5, 5.41) is 9.39. The second-order valence-electron chi connectivity index (χ2n) is 5.54. The number of ether oxygens (including phenoxy) is 1. The van der Waals surface area contributed by atoms with Crippen molar-refractivity contribution in [2.24, 2.45) is 5.92 Å². The van der Waals surface area contributed by atoms with Crippen molar-refractivity contribution >= 4 is 11.7 Å². The van der Waals surface area contributed by atoms with E-state index < -0.39 is 11.5 Å². The van der Waals surface area contributed by atoms with Gasteiger partial charge in [0.15, 0.2) is 0 Å². The van der Waals surface area contributed by atoms with Gasteiger partial charge in [-0.3, -0.25) is 4.79 Å². The van der Waals surface area contributed by atoms with E-state index in [9.17, 15) is 9.90 Å². The highest BCUT2D eigenvalue weighted by molar-refractivity contribution is 5.73. The molecule has 1 saturated heterocycles. The number of rotatable bonds is 3. The van der Waals surface area contributed by atoms with Crippen LogP contribution in [0.1, 0.15) is 26.7 Å². The number of methoxy groups -OCH3 is 1. The third-order valence-electron chi connectivity index (χ3n) is 4.09. The van der Waals surface area contributed by atoms with E-state index in [1.807, 2.05) is 38.1 Å². The molecule has 4 nitrogen and oxygen atoms in total. The Morgan fingerprint density at radius 1 is 1.47 bits per heavy atom. The van der Waals surface area contributed by atoms with Gasteiger partial charge in [-0.05, 0) is 38.8 Å². The van der Waals surface area contributed by atoms with Crippen LogP contribution in [0.25, 0.3) is 0 Å². The maximum absolute atomic E-state index is 11.4. The SMILES string of the molecule is COc1cccc(N2CCCC(C(=O)O)C2(C)C)c1. The van der Waals surface area contributed by atoms with E-state index in [2.05, 4.69) is 4.90 Å². The monoisotopic (exact) mass is 263 g/mol. The zero-order valence-corrected chi connectivity index (χ0v) is 11.7. The Hall–Kier alpha value is -1.71. The third kappa shape index (κ3) is 2.53. The fourth-order valence-corrected chi connectivity index (χ4v) is 2.95. The van der Waals surface area contributed by atoms with Crippen LogP contribution in [0.3, 0.4) is 0 Å². The van der Waals surface area contributed by atoms with Crippen LogP contribution in [0.2, 0.25) is 0 Å². The molecule has 0 spiro atoms. The lowest BCUT2D eigenvalue weighted by Crippen LogP contribution is -2.55. The summed E-state index contributed by atoms with van der Waals surface area (Å²) in [7, 11) is 1.64. The van der Waals surface area contributed by atoms with E-state index in [-0.39, 0.29) is 5.92 Å². The predicted octanol–water partition coefficient (Wildman–Crippen LogP) is 2.77. The molecule has 0 saturated carbocycles. The van der Waals surface area contributed by atoms with Crippen LogP contribution in [0.15, 0.2) is 24.3 Å². The molecule has 19 heavy (non-hydrogen) atoms. The second kappa shape index (κ2) is 5.11. The quantitative estimate of drug-likeness (QED) is 0.911. The standard InChI is InChI=1S/C15H21NO3/c1-15(2)13(14(17)18)8-5-9-16(15)11-6-4-7-12(10-11)19-3/h4,6-7,10,13H,5,8-9H2,1-3H3,(H,17,18). The summed E-state index contributed by atoms with van der Waals surface area (Å²) in [6.45, 7) is 4.89. The highest BCUT2D eigenvalue weighted by Gasteiger charge is 2.42. The molecule has 1 aliphatic rings. The van der Waals surface area contributed by atoms with E-state index in [4.69, 9.17) is 4.74 Å². The van der Waals surface area contributed by atoms with Gasteiger partial charge in [-0.15, -0.1) is 0 Å². The van der Waals surface area contributed by atoms with Crippen LogP contribution in [0.4, 0.5) is 5.69 Å². The Labute approximate surface area is 114 Å². The number of hydrogen-bond acceptors (Lipinski definition) is 3. The smallest absolute Gasteiger partial charge is 0.308 e. The zero-order chi connectivity index (χ0) is 14.0. The summed E-state index contributed by atoms with van der Waals surface area (Å²) in [5.41, 5.74) is 0.631. The Kier molecular flexibility index (Phi) is 3.69. The van der Waals surface area contributed by atoms with Gasteiger partial charge in [0.2, 0.25) is 0 Å². The van der Waals surface area contributed by atoms with Crippen molar-refractivity contribution in [1.29, 1.82) is 0 Å². The molecule has 1 aliphatic heterocycles. The first kappa shape index (κ1) is 13.7. The molecule has 0 bridgehead atoms. The number of hydrogen-bond donors (Lipinski definition) is 1. The fraction of sp³-hybridized carbons (Fsp3) is 0.533. The molecule has 0 aliphatic carbocycles. The maximum Gasteiger partial charge on any atom is 0.308 e. The minimum Gasteiger partial charge on any atom is -0.497 e. The van der Waals surface area contributed by atoms with E-state index >= 15 is 0 Å². The van der Waals surface area contributed by atoms with Gasteiger partial charge in [0.25, 0.3) is 0 Å². The maximum atomic E-state index is 11.4. The molecule has 0 radical (unpaired) electrons. The summed E-state index contributed by atoms with van der Waals surface area (Å²) in [6.07, 6.45) is 1.64. The first-order valence-electron chi connectivity index (χ1n) is 6.61. The molecule has 1 heterocycles. The molecule has 1 atom stereocenters. The minimum atomic E-state index is -0.711. The van der Waals surface area contributed by atoms with E-state index in [0.717, 1.165) is 30.8 Å². The van der Waals surface area contributed by atoms with Crippen LogP contribution in [0, 0.1) is 5.92 Å². The van der Waals surface area contributed by atoms with Crippen molar-refractivity contribution in [3.8, 4) is 5.75 Å². The summed E-state index contributed by atoms with van der Waals surface area (Å²) >= 11 is 0. The Bertz CT molecular complexity index is 470. The lowest BCUT2D eigenvalue weighted by atomic mass is 9.78. The number of nitrogens with zero attached hydrogens (tertiary/aromatic N) is 1. The van der Waals surface area contributed by atoms with Gasteiger partial charge in [-0.25, -0.2) is 0 Å². The molecular weight excluding hydrogens is 242 g/mol. The van der Waals surface area contributed by atoms with Gasteiger partial charge in [-0.2, -0.15) is 0 Å². The molecule has 4 heteroatoms. The van der Waals surface area contributed by atoms with Crippen LogP contribution >= 0.6 is 0 Å². The number of carboxylic acids is 1. The molecule has 1 N–H and O–H groups in total. The van der Waals surface area contributed by atoms with Crippen molar-refractivity contribution in [2.75, 3.05) is 18.6 Å². The molecule has 1 unspecified atom stereocenters. The third-order valence-corrected chi connectivity index (χ3v) is 4.09. The summed E-state index contributed by atoms with van der Waals surface area (Å²) < 4.78 is 5.25. The van der Waals surface area contributed by atoms with E-state index in [0.29, 0.717) is 0 Å². The van der Waals surface area contributed by atoms with E-state index in [1.165, 1.54) is 0 Å². The Morgan fingerprint density at radius 3 is 2.84 bits per heavy atom. The number of benzene rings is 1.